The highest BCUT2D eigenvalue weighted by Gasteiger charge is 2.67. The highest BCUT2D eigenvalue weighted by molar-refractivity contribution is 5.98. The molecule has 1 aliphatic heterocycles. The van der Waals surface area contributed by atoms with Crippen LogP contribution in [-0.2, 0) is 19.1 Å². The number of carbonyl (C=O) groups is 3. The first-order valence-corrected chi connectivity index (χ1v) is 17.6. The van der Waals surface area contributed by atoms with Crippen molar-refractivity contribution in [1.29, 1.82) is 0 Å². The molecule has 264 valence electrons. The lowest BCUT2D eigenvalue weighted by molar-refractivity contribution is -0.154. The van der Waals surface area contributed by atoms with Crippen molar-refractivity contribution >= 4 is 23.9 Å². The van der Waals surface area contributed by atoms with Crippen LogP contribution in [0.4, 0.5) is 4.39 Å². The van der Waals surface area contributed by atoms with Gasteiger partial charge in [0.1, 0.15) is 23.4 Å². The van der Waals surface area contributed by atoms with E-state index in [0.717, 1.165) is 64.2 Å². The number of rotatable bonds is 22. The third-order valence-electron chi connectivity index (χ3n) is 9.10. The molecule has 1 aliphatic carbocycles. The molecule has 0 bridgehead atoms. The molecule has 9 heteroatoms. The molecule has 2 aliphatic rings. The van der Waals surface area contributed by atoms with Crippen molar-refractivity contribution in [3.63, 3.8) is 0 Å². The number of benzene rings is 2. The van der Waals surface area contributed by atoms with Crippen molar-refractivity contribution in [1.82, 2.24) is 10.2 Å². The monoisotopic (exact) mass is 674 g/mol. The van der Waals surface area contributed by atoms with E-state index in [1.165, 1.54) is 12.1 Å². The number of nitrogens with one attached hydrogen (secondary N) is 1. The summed E-state index contributed by atoms with van der Waals surface area (Å²) >= 11 is 0. The van der Waals surface area contributed by atoms with Gasteiger partial charge in [-0.3, -0.25) is 9.59 Å². The zero-order valence-corrected chi connectivity index (χ0v) is 28.8. The van der Waals surface area contributed by atoms with Crippen LogP contribution in [0.1, 0.15) is 93.5 Å². The number of hydrogen-bond acceptors (Lipinski definition) is 6. The van der Waals surface area contributed by atoms with E-state index in [0.29, 0.717) is 48.9 Å². The zero-order chi connectivity index (χ0) is 35.1. The van der Waals surface area contributed by atoms with Gasteiger partial charge in [0, 0.05) is 29.2 Å². The number of amides is 2. The summed E-state index contributed by atoms with van der Waals surface area (Å²) in [5.41, 5.74) is 0.769. The van der Waals surface area contributed by atoms with Gasteiger partial charge in [-0.25, -0.2) is 9.18 Å². The predicted octanol–water partition coefficient (Wildman–Crippen LogP) is 8.18. The molecule has 49 heavy (non-hydrogen) atoms. The first-order valence-electron chi connectivity index (χ1n) is 17.6. The van der Waals surface area contributed by atoms with Crippen molar-refractivity contribution < 1.29 is 33.0 Å². The minimum Gasteiger partial charge on any atom is -0.464 e. The molecular weight excluding hydrogens is 623 g/mol. The van der Waals surface area contributed by atoms with Crippen LogP contribution in [0.5, 0.6) is 11.5 Å². The van der Waals surface area contributed by atoms with Crippen molar-refractivity contribution in [3.05, 3.63) is 90.8 Å². The number of carbonyl (C=O) groups excluding carboxylic acids is 3. The number of allylic oxidation sites excluding steroid dienone is 3. The minimum atomic E-state index is -0.701. The molecule has 0 spiro atoms. The average molecular weight is 675 g/mol. The van der Waals surface area contributed by atoms with Crippen LogP contribution in [0.2, 0.25) is 0 Å². The summed E-state index contributed by atoms with van der Waals surface area (Å²) in [5.74, 6) is -0.529. The predicted molar refractivity (Wildman–Crippen MR) is 190 cm³/mol. The van der Waals surface area contributed by atoms with Gasteiger partial charge < -0.3 is 24.4 Å². The Morgan fingerprint density at radius 3 is 2.47 bits per heavy atom. The van der Waals surface area contributed by atoms with Gasteiger partial charge in [0.05, 0.1) is 19.8 Å². The third-order valence-corrected chi connectivity index (χ3v) is 9.10. The Hall–Kier alpha value is -4.24. The summed E-state index contributed by atoms with van der Waals surface area (Å²) in [6.45, 7) is 10.7. The fourth-order valence-electron chi connectivity index (χ4n) is 6.25. The summed E-state index contributed by atoms with van der Waals surface area (Å²) < 4.78 is 31.0. The zero-order valence-electron chi connectivity index (χ0n) is 28.8. The van der Waals surface area contributed by atoms with Gasteiger partial charge in [0.25, 0.3) is 5.91 Å². The lowest BCUT2D eigenvalue weighted by Gasteiger charge is -2.26. The lowest BCUT2D eigenvalue weighted by Crippen LogP contribution is -2.48. The van der Waals surface area contributed by atoms with Crippen molar-refractivity contribution in [3.8, 4) is 11.5 Å². The van der Waals surface area contributed by atoms with Gasteiger partial charge in [-0.05, 0) is 100 Å². The van der Waals surface area contributed by atoms with Crippen LogP contribution in [0, 0.1) is 11.2 Å². The van der Waals surface area contributed by atoms with Gasteiger partial charge >= 0.3 is 5.97 Å². The van der Waals surface area contributed by atoms with Crippen LogP contribution in [0.15, 0.2) is 73.9 Å². The van der Waals surface area contributed by atoms with E-state index in [9.17, 15) is 18.8 Å². The molecule has 1 heterocycles. The van der Waals surface area contributed by atoms with Crippen LogP contribution >= 0.6 is 0 Å². The first-order chi connectivity index (χ1) is 23.8. The van der Waals surface area contributed by atoms with E-state index in [1.54, 1.807) is 35.2 Å². The second-order valence-electron chi connectivity index (χ2n) is 12.9. The molecule has 1 N–H and O–H groups in total. The quantitative estimate of drug-likeness (QED) is 0.0769. The second-order valence-corrected chi connectivity index (χ2v) is 12.9. The number of nitrogens with zero attached hydrogens (tertiary/aromatic N) is 1. The SMILES string of the molecule is C=CCCCCC/C=C\c1cc(C(=O)NCC(=O)N2[C@H]3C[C@@]3(COCCCC=C)C[C@H]2C(=O)OCCCC)ccc1Oc1ccc(F)cc1. The van der Waals surface area contributed by atoms with Gasteiger partial charge in [0.2, 0.25) is 5.91 Å². The normalized spacial score (nSPS) is 19.3. The maximum atomic E-state index is 13.6. The number of unbranched alkanes of at least 4 members (excludes halogenated alkanes) is 6. The van der Waals surface area contributed by atoms with Gasteiger partial charge in [-0.15, -0.1) is 13.2 Å². The number of ether oxygens (including phenoxy) is 3. The van der Waals surface area contributed by atoms with Crippen molar-refractivity contribution in [2.24, 2.45) is 5.41 Å². The smallest absolute Gasteiger partial charge is 0.328 e. The lowest BCUT2D eigenvalue weighted by atomic mass is 10.0. The summed E-state index contributed by atoms with van der Waals surface area (Å²) in [6, 6.07) is 9.95. The summed E-state index contributed by atoms with van der Waals surface area (Å²) in [5, 5.41) is 2.77. The van der Waals surface area contributed by atoms with E-state index >= 15 is 0 Å². The highest BCUT2D eigenvalue weighted by Crippen LogP contribution is 2.59. The maximum Gasteiger partial charge on any atom is 0.328 e. The van der Waals surface area contributed by atoms with E-state index in [4.69, 9.17) is 14.2 Å². The van der Waals surface area contributed by atoms with Crippen LogP contribution < -0.4 is 10.1 Å². The third kappa shape index (κ3) is 10.9. The Morgan fingerprint density at radius 1 is 0.959 bits per heavy atom. The first kappa shape index (κ1) is 37.6. The fraction of sp³-hybridized carbons (Fsp3) is 0.475. The number of hydrogen-bond donors (Lipinski definition) is 1. The van der Waals surface area contributed by atoms with Crippen LogP contribution in [0.3, 0.4) is 0 Å². The molecular formula is C40H51FN2O6. The van der Waals surface area contributed by atoms with E-state index in [1.807, 2.05) is 31.2 Å². The number of esters is 1. The Labute approximate surface area is 290 Å². The Balaban J connectivity index is 1.42. The Bertz CT molecular complexity index is 1460. The molecule has 4 rings (SSSR count). The molecule has 2 aromatic rings. The summed E-state index contributed by atoms with van der Waals surface area (Å²) in [6.07, 6.45) is 17.4. The molecule has 2 amide bonds. The maximum absolute atomic E-state index is 13.6. The highest BCUT2D eigenvalue weighted by atomic mass is 19.1. The van der Waals surface area contributed by atoms with Crippen molar-refractivity contribution in [2.75, 3.05) is 26.4 Å². The molecule has 3 atom stereocenters. The molecule has 2 aromatic carbocycles. The molecule has 0 unspecified atom stereocenters. The fourth-order valence-corrected chi connectivity index (χ4v) is 6.25. The largest absolute Gasteiger partial charge is 0.464 e. The van der Waals surface area contributed by atoms with Crippen molar-refractivity contribution in [2.45, 2.75) is 89.6 Å². The molecule has 8 nitrogen and oxygen atoms in total. The topological polar surface area (TPSA) is 94.2 Å². The Morgan fingerprint density at radius 2 is 1.71 bits per heavy atom. The molecule has 0 radical (unpaired) electrons. The van der Waals surface area contributed by atoms with Gasteiger partial charge in [0.15, 0.2) is 0 Å². The Kier molecular flexibility index (Phi) is 14.6. The summed E-state index contributed by atoms with van der Waals surface area (Å²) in [4.78, 5) is 41.7. The van der Waals surface area contributed by atoms with E-state index in [2.05, 4.69) is 18.5 Å². The van der Waals surface area contributed by atoms with E-state index in [-0.39, 0.29) is 29.7 Å². The van der Waals surface area contributed by atoms with Crippen LogP contribution in [0.25, 0.3) is 6.08 Å². The standard InChI is InChI=1S/C40H51FN2O6/c1-4-7-10-11-12-13-14-16-30-25-31(17-22-35(30)49-33-20-18-32(41)19-21-33)38(45)42-28-37(44)43-34(39(46)48-24-9-6-3)26-40(27-36(40)43)29-47-23-15-8-5-2/h4-5,14,16-22,25,34,36H,1-2,6-13,15,23-24,26-29H2,3H3,(H,42,45)/b16-14-/t34-,36-,40+/m0/s1. The minimum absolute atomic E-state index is 0.128. The molecule has 0 aromatic heterocycles. The average Bonchev–Trinajstić information content (AvgIpc) is 3.70. The molecule has 1 saturated heterocycles. The summed E-state index contributed by atoms with van der Waals surface area (Å²) in [7, 11) is 0. The number of piperidine rings is 1. The number of likely N-dealkylation sites (tertiary alicyclic amines) is 1. The van der Waals surface area contributed by atoms with E-state index < -0.39 is 17.9 Å². The molecule has 1 saturated carbocycles. The second kappa shape index (κ2) is 19.1. The number of fused-ring (bicyclic) bond motifs is 1. The molecule has 2 fully saturated rings. The van der Waals surface area contributed by atoms with Gasteiger partial charge in [-0.2, -0.15) is 0 Å². The number of halogens is 1. The van der Waals surface area contributed by atoms with Gasteiger partial charge in [-0.1, -0.05) is 44.1 Å². The van der Waals surface area contributed by atoms with Crippen LogP contribution in [-0.4, -0.2) is 61.1 Å².